The summed E-state index contributed by atoms with van der Waals surface area (Å²) < 4.78 is 11.1. The van der Waals surface area contributed by atoms with Gasteiger partial charge in [-0.25, -0.2) is 4.99 Å². The quantitative estimate of drug-likeness (QED) is 0.439. The number of halogens is 1. The van der Waals surface area contributed by atoms with E-state index in [9.17, 15) is 0 Å². The topological polar surface area (TPSA) is 68.9 Å². The number of hydrogen-bond donors (Lipinski definition) is 2. The van der Waals surface area contributed by atoms with Crippen LogP contribution in [0.1, 0.15) is 38.3 Å². The van der Waals surface area contributed by atoms with E-state index in [4.69, 9.17) is 15.2 Å². The number of para-hydroxylation sites is 1. The van der Waals surface area contributed by atoms with Crippen LogP contribution in [-0.4, -0.2) is 31.8 Å². The molecule has 0 saturated heterocycles. The lowest BCUT2D eigenvalue weighted by atomic mass is 9.64. The van der Waals surface area contributed by atoms with Gasteiger partial charge < -0.3 is 20.5 Å². The van der Waals surface area contributed by atoms with Crippen LogP contribution in [0.25, 0.3) is 0 Å². The summed E-state index contributed by atoms with van der Waals surface area (Å²) in [6, 6.07) is 8.41. The summed E-state index contributed by atoms with van der Waals surface area (Å²) in [5.41, 5.74) is 7.32. The molecule has 1 saturated carbocycles. The van der Waals surface area contributed by atoms with Crippen LogP contribution >= 0.6 is 24.0 Å². The first-order chi connectivity index (χ1) is 10.5. The lowest BCUT2D eigenvalue weighted by Crippen LogP contribution is -2.62. The molecule has 0 aromatic heterocycles. The molecule has 1 aliphatic carbocycles. The van der Waals surface area contributed by atoms with E-state index in [-0.39, 0.29) is 41.5 Å². The van der Waals surface area contributed by atoms with Crippen LogP contribution in [0.3, 0.4) is 0 Å². The number of guanidine groups is 1. The Labute approximate surface area is 155 Å². The van der Waals surface area contributed by atoms with Crippen molar-refractivity contribution in [3.8, 4) is 5.75 Å². The molecule has 128 valence electrons. The number of aliphatic imine (C=N–C) groups is 1. The minimum atomic E-state index is 0. The minimum absolute atomic E-state index is 0. The van der Waals surface area contributed by atoms with Crippen molar-refractivity contribution in [1.29, 1.82) is 0 Å². The van der Waals surface area contributed by atoms with Crippen molar-refractivity contribution in [1.82, 2.24) is 5.32 Å². The molecule has 0 spiro atoms. The number of rotatable bonds is 3. The smallest absolute Gasteiger partial charge is 0.189 e. The van der Waals surface area contributed by atoms with E-state index >= 15 is 0 Å². The van der Waals surface area contributed by atoms with E-state index < -0.39 is 0 Å². The normalized spacial score (nSPS) is 28.7. The second kappa shape index (κ2) is 7.25. The van der Waals surface area contributed by atoms with Gasteiger partial charge in [0.25, 0.3) is 0 Å². The number of benzene rings is 1. The van der Waals surface area contributed by atoms with Crippen LogP contribution < -0.4 is 15.8 Å². The van der Waals surface area contributed by atoms with Crippen molar-refractivity contribution in [2.75, 3.05) is 13.7 Å². The zero-order chi connectivity index (χ0) is 15.7. The standard InChI is InChI=1S/C17H25N3O2.HI/c1-17(2)14(10-15(17)21-3)20-16(18)19-12-8-9-22-13-7-5-4-6-11(12)13;/h4-7,12,14-15H,8-10H2,1-3H3,(H3,18,19,20);1H. The second-order valence-corrected chi connectivity index (χ2v) is 6.68. The molecule has 6 heteroatoms. The van der Waals surface area contributed by atoms with Crippen LogP contribution in [-0.2, 0) is 4.74 Å². The monoisotopic (exact) mass is 431 g/mol. The van der Waals surface area contributed by atoms with E-state index in [1.165, 1.54) is 0 Å². The molecule has 0 amide bonds. The number of nitrogens with two attached hydrogens (primary N) is 1. The molecule has 2 aliphatic rings. The van der Waals surface area contributed by atoms with E-state index in [1.807, 2.05) is 18.2 Å². The maximum absolute atomic E-state index is 6.14. The number of methoxy groups -OCH3 is 1. The Morgan fingerprint density at radius 1 is 1.39 bits per heavy atom. The van der Waals surface area contributed by atoms with E-state index in [1.54, 1.807) is 7.11 Å². The summed E-state index contributed by atoms with van der Waals surface area (Å²) in [6.07, 6.45) is 2.10. The summed E-state index contributed by atoms with van der Waals surface area (Å²) in [7, 11) is 1.76. The maximum atomic E-state index is 6.14. The van der Waals surface area contributed by atoms with Crippen molar-refractivity contribution in [3.05, 3.63) is 29.8 Å². The Kier molecular flexibility index (Phi) is 5.78. The first-order valence-electron chi connectivity index (χ1n) is 7.86. The maximum Gasteiger partial charge on any atom is 0.189 e. The van der Waals surface area contributed by atoms with Crippen molar-refractivity contribution in [3.63, 3.8) is 0 Å². The highest BCUT2D eigenvalue weighted by molar-refractivity contribution is 14.0. The fourth-order valence-corrected chi connectivity index (χ4v) is 3.37. The zero-order valence-corrected chi connectivity index (χ0v) is 16.2. The molecule has 3 rings (SSSR count). The molecule has 1 aliphatic heterocycles. The van der Waals surface area contributed by atoms with Gasteiger partial charge >= 0.3 is 0 Å². The van der Waals surface area contributed by atoms with Crippen molar-refractivity contribution >= 4 is 29.9 Å². The number of ether oxygens (including phenoxy) is 2. The molecule has 1 aromatic rings. The predicted molar refractivity (Wildman–Crippen MR) is 102 cm³/mol. The van der Waals surface area contributed by atoms with E-state index in [2.05, 4.69) is 30.2 Å². The fraction of sp³-hybridized carbons (Fsp3) is 0.588. The van der Waals surface area contributed by atoms with Gasteiger partial charge in [0.2, 0.25) is 0 Å². The molecular formula is C17H26IN3O2. The van der Waals surface area contributed by atoms with Crippen molar-refractivity contribution < 1.29 is 9.47 Å². The van der Waals surface area contributed by atoms with Crippen LogP contribution in [0.4, 0.5) is 0 Å². The average Bonchev–Trinajstić information content (AvgIpc) is 2.51. The molecule has 0 bridgehead atoms. The zero-order valence-electron chi connectivity index (χ0n) is 13.9. The van der Waals surface area contributed by atoms with Gasteiger partial charge in [-0.15, -0.1) is 24.0 Å². The van der Waals surface area contributed by atoms with Gasteiger partial charge in [0.15, 0.2) is 5.96 Å². The van der Waals surface area contributed by atoms with Gasteiger partial charge in [0.05, 0.1) is 18.8 Å². The van der Waals surface area contributed by atoms with Gasteiger partial charge in [-0.2, -0.15) is 0 Å². The molecular weight excluding hydrogens is 405 g/mol. The summed E-state index contributed by atoms with van der Waals surface area (Å²) in [6.45, 7) is 5.07. The minimum Gasteiger partial charge on any atom is -0.493 e. The fourth-order valence-electron chi connectivity index (χ4n) is 3.37. The highest BCUT2D eigenvalue weighted by Crippen LogP contribution is 2.42. The van der Waals surface area contributed by atoms with Crippen LogP contribution in [0.15, 0.2) is 29.3 Å². The predicted octanol–water partition coefficient (Wildman–Crippen LogP) is 2.85. The molecule has 1 fully saturated rings. The highest BCUT2D eigenvalue weighted by Gasteiger charge is 2.48. The molecule has 23 heavy (non-hydrogen) atoms. The number of fused-ring (bicyclic) bond motifs is 1. The summed E-state index contributed by atoms with van der Waals surface area (Å²) in [5, 5.41) is 3.36. The third-order valence-corrected chi connectivity index (χ3v) is 5.01. The Morgan fingerprint density at radius 2 is 2.13 bits per heavy atom. The first kappa shape index (κ1) is 18.3. The van der Waals surface area contributed by atoms with Crippen LogP contribution in [0, 0.1) is 5.41 Å². The third kappa shape index (κ3) is 3.57. The number of nitrogens with one attached hydrogen (secondary N) is 1. The average molecular weight is 431 g/mol. The van der Waals surface area contributed by atoms with Gasteiger partial charge in [-0.3, -0.25) is 0 Å². The van der Waals surface area contributed by atoms with Gasteiger partial charge in [-0.1, -0.05) is 32.0 Å². The lowest BCUT2D eigenvalue weighted by molar-refractivity contribution is -0.0921. The molecule has 0 radical (unpaired) electrons. The Bertz CT molecular complexity index is 577. The van der Waals surface area contributed by atoms with Crippen LogP contribution in [0.2, 0.25) is 0 Å². The highest BCUT2D eigenvalue weighted by atomic mass is 127. The molecule has 5 nitrogen and oxygen atoms in total. The Hall–Kier alpha value is -1.02. The SMILES string of the molecule is COC1CC(NC(N)=NC2CCOc3ccccc32)C1(C)C.I. The van der Waals surface area contributed by atoms with Gasteiger partial charge in [-0.05, 0) is 12.5 Å². The molecule has 1 heterocycles. The van der Waals surface area contributed by atoms with E-state index in [0.29, 0.717) is 18.6 Å². The molecule has 3 unspecified atom stereocenters. The van der Waals surface area contributed by atoms with Crippen LogP contribution in [0.5, 0.6) is 5.75 Å². The first-order valence-corrected chi connectivity index (χ1v) is 7.86. The van der Waals surface area contributed by atoms with Gasteiger partial charge in [0.1, 0.15) is 5.75 Å². The lowest BCUT2D eigenvalue weighted by Gasteiger charge is -2.51. The Balaban J connectivity index is 0.00000192. The number of nitrogens with zero attached hydrogens (tertiary/aromatic N) is 1. The van der Waals surface area contributed by atoms with Gasteiger partial charge in [0, 0.05) is 30.6 Å². The third-order valence-electron chi connectivity index (χ3n) is 5.01. The summed E-state index contributed by atoms with van der Waals surface area (Å²) in [4.78, 5) is 4.68. The van der Waals surface area contributed by atoms with Crippen molar-refractivity contribution in [2.45, 2.75) is 44.9 Å². The second-order valence-electron chi connectivity index (χ2n) is 6.68. The largest absolute Gasteiger partial charge is 0.493 e. The molecule has 1 aromatic carbocycles. The van der Waals surface area contributed by atoms with Crippen molar-refractivity contribution in [2.24, 2.45) is 16.1 Å². The summed E-state index contributed by atoms with van der Waals surface area (Å²) in [5.74, 6) is 1.42. The summed E-state index contributed by atoms with van der Waals surface area (Å²) >= 11 is 0. The Morgan fingerprint density at radius 3 is 2.83 bits per heavy atom. The number of hydrogen-bond acceptors (Lipinski definition) is 3. The molecule has 3 atom stereocenters. The van der Waals surface area contributed by atoms with E-state index in [0.717, 1.165) is 24.2 Å². The molecule has 3 N–H and O–H groups in total.